The highest BCUT2D eigenvalue weighted by Crippen LogP contribution is 2.29. The molecule has 2 aromatic heterocycles. The minimum Gasteiger partial charge on any atom is -0.295 e. The predicted octanol–water partition coefficient (Wildman–Crippen LogP) is 4.29. The quantitative estimate of drug-likeness (QED) is 0.520. The first-order chi connectivity index (χ1) is 10.2. The van der Waals surface area contributed by atoms with Crippen molar-refractivity contribution >= 4 is 39.9 Å². The number of hydrogen-bond acceptors (Lipinski definition) is 4. The van der Waals surface area contributed by atoms with E-state index >= 15 is 0 Å². The molecule has 0 unspecified atom stereocenters. The Kier molecular flexibility index (Phi) is 4.22. The van der Waals surface area contributed by atoms with Gasteiger partial charge in [-0.3, -0.25) is 9.20 Å². The fourth-order valence-corrected chi connectivity index (χ4v) is 3.70. The van der Waals surface area contributed by atoms with Crippen molar-refractivity contribution in [3.05, 3.63) is 59.2 Å². The molecule has 21 heavy (non-hydrogen) atoms. The molecule has 0 atom stereocenters. The summed E-state index contributed by atoms with van der Waals surface area (Å²) < 4.78 is 2.03. The number of benzene rings is 1. The summed E-state index contributed by atoms with van der Waals surface area (Å²) in [6.45, 7) is 1.55. The van der Waals surface area contributed by atoms with Gasteiger partial charge in [-0.25, -0.2) is 4.98 Å². The van der Waals surface area contributed by atoms with E-state index in [0.717, 1.165) is 21.4 Å². The van der Waals surface area contributed by atoms with Crippen LogP contribution in [0.3, 0.4) is 0 Å². The van der Waals surface area contributed by atoms with Crippen molar-refractivity contribution in [2.45, 2.75) is 17.7 Å². The molecule has 5 heteroatoms. The number of carbonyl (C=O) groups is 1. The van der Waals surface area contributed by atoms with Crippen LogP contribution in [0.4, 0.5) is 0 Å². The lowest BCUT2D eigenvalue weighted by atomic mass is 10.2. The maximum Gasteiger partial charge on any atom is 0.195 e. The van der Waals surface area contributed by atoms with Crippen LogP contribution in [0.2, 0.25) is 0 Å². The van der Waals surface area contributed by atoms with Gasteiger partial charge in [0.1, 0.15) is 5.03 Å². The fraction of sp³-hybridized carbons (Fsp3) is 0.125. The molecule has 0 radical (unpaired) electrons. The average Bonchev–Trinajstić information content (AvgIpc) is 3.05. The van der Waals surface area contributed by atoms with Crippen LogP contribution in [0.15, 0.2) is 53.0 Å². The number of carbonyl (C=O) groups excluding carboxylic acids is 1. The summed E-state index contributed by atoms with van der Waals surface area (Å²) in [6, 6.07) is 10.3. The number of rotatable bonds is 5. The number of thioether (sulfide) groups is 1. The number of hydrogen-bond donors (Lipinski definition) is 0. The molecule has 3 aromatic rings. The molecule has 3 nitrogen and oxygen atoms in total. The number of thiazole rings is 1. The molecule has 0 amide bonds. The van der Waals surface area contributed by atoms with Crippen molar-refractivity contribution in [2.75, 3.05) is 0 Å². The van der Waals surface area contributed by atoms with Crippen LogP contribution in [0.1, 0.15) is 18.2 Å². The van der Waals surface area contributed by atoms with E-state index in [1.54, 1.807) is 36.1 Å². The Labute approximate surface area is 131 Å². The van der Waals surface area contributed by atoms with Crippen molar-refractivity contribution in [3.63, 3.8) is 0 Å². The van der Waals surface area contributed by atoms with Gasteiger partial charge in [0, 0.05) is 17.3 Å². The van der Waals surface area contributed by atoms with Gasteiger partial charge in [-0.05, 0) is 24.6 Å². The minimum absolute atomic E-state index is 0.0409. The average molecular weight is 314 g/mol. The van der Waals surface area contributed by atoms with Gasteiger partial charge >= 0.3 is 0 Å². The van der Waals surface area contributed by atoms with Gasteiger partial charge < -0.3 is 0 Å². The summed E-state index contributed by atoms with van der Waals surface area (Å²) in [5.41, 5.74) is 2.24. The van der Waals surface area contributed by atoms with Crippen LogP contribution >= 0.6 is 23.1 Å². The third-order valence-electron chi connectivity index (χ3n) is 2.96. The SMILES string of the molecule is CC(=O)/C=C/c1c(SCc2ccccc2)nc2sccn12. The zero-order valence-electron chi connectivity index (χ0n) is 11.5. The summed E-state index contributed by atoms with van der Waals surface area (Å²) in [5.74, 6) is 0.909. The summed E-state index contributed by atoms with van der Waals surface area (Å²) in [6.07, 6.45) is 5.43. The van der Waals surface area contributed by atoms with Crippen molar-refractivity contribution in [1.82, 2.24) is 9.38 Å². The van der Waals surface area contributed by atoms with E-state index in [-0.39, 0.29) is 5.78 Å². The maximum atomic E-state index is 11.2. The van der Waals surface area contributed by atoms with E-state index in [2.05, 4.69) is 17.1 Å². The molecular formula is C16H14N2OS2. The van der Waals surface area contributed by atoms with Crippen LogP contribution < -0.4 is 0 Å². The number of ketones is 1. The summed E-state index contributed by atoms with van der Waals surface area (Å²) in [5, 5.41) is 2.96. The molecular weight excluding hydrogens is 300 g/mol. The Morgan fingerprint density at radius 2 is 2.19 bits per heavy atom. The highest BCUT2D eigenvalue weighted by Gasteiger charge is 2.11. The van der Waals surface area contributed by atoms with Crippen LogP contribution in [0, 0.1) is 0 Å². The number of fused-ring (bicyclic) bond motifs is 1. The molecule has 0 fully saturated rings. The Bertz CT molecular complexity index is 787. The molecule has 0 aliphatic rings. The standard InChI is InChI=1S/C16H14N2OS2/c1-12(19)7-8-14-15(17-16-18(14)9-10-20-16)21-11-13-5-3-2-4-6-13/h2-10H,11H2,1H3/b8-7+. The van der Waals surface area contributed by atoms with Gasteiger partial charge in [-0.1, -0.05) is 42.1 Å². The van der Waals surface area contributed by atoms with Crippen molar-refractivity contribution in [1.29, 1.82) is 0 Å². The minimum atomic E-state index is 0.0409. The second-order valence-electron chi connectivity index (χ2n) is 4.58. The van der Waals surface area contributed by atoms with E-state index in [4.69, 9.17) is 0 Å². The lowest BCUT2D eigenvalue weighted by molar-refractivity contribution is -0.112. The highest BCUT2D eigenvalue weighted by atomic mass is 32.2. The van der Waals surface area contributed by atoms with E-state index < -0.39 is 0 Å². The van der Waals surface area contributed by atoms with E-state index in [1.165, 1.54) is 5.56 Å². The normalized spacial score (nSPS) is 11.5. The molecule has 0 bridgehead atoms. The lowest BCUT2D eigenvalue weighted by Gasteiger charge is -2.00. The Hall–Kier alpha value is -1.85. The first-order valence-electron chi connectivity index (χ1n) is 6.55. The fourth-order valence-electron chi connectivity index (χ4n) is 1.96. The third-order valence-corrected chi connectivity index (χ3v) is 4.77. The second-order valence-corrected chi connectivity index (χ2v) is 6.41. The van der Waals surface area contributed by atoms with Crippen LogP contribution in [0.5, 0.6) is 0 Å². The molecule has 2 heterocycles. The number of nitrogens with zero attached hydrogens (tertiary/aromatic N) is 2. The van der Waals surface area contributed by atoms with Gasteiger partial charge in [-0.15, -0.1) is 11.3 Å². The number of imidazole rings is 1. The van der Waals surface area contributed by atoms with E-state index in [1.807, 2.05) is 40.3 Å². The lowest BCUT2D eigenvalue weighted by Crippen LogP contribution is -1.87. The third kappa shape index (κ3) is 3.25. The van der Waals surface area contributed by atoms with Gasteiger partial charge in [-0.2, -0.15) is 0 Å². The van der Waals surface area contributed by atoms with Crippen molar-refractivity contribution < 1.29 is 4.79 Å². The largest absolute Gasteiger partial charge is 0.295 e. The van der Waals surface area contributed by atoms with Gasteiger partial charge in [0.25, 0.3) is 0 Å². The van der Waals surface area contributed by atoms with E-state index in [9.17, 15) is 4.79 Å². The zero-order valence-corrected chi connectivity index (χ0v) is 13.2. The monoisotopic (exact) mass is 314 g/mol. The number of aromatic nitrogens is 2. The van der Waals surface area contributed by atoms with Crippen molar-refractivity contribution in [2.24, 2.45) is 0 Å². The molecule has 0 aliphatic carbocycles. The molecule has 0 spiro atoms. The summed E-state index contributed by atoms with van der Waals surface area (Å²) >= 11 is 3.29. The van der Waals surface area contributed by atoms with Gasteiger partial charge in [0.2, 0.25) is 0 Å². The van der Waals surface area contributed by atoms with Crippen LogP contribution in [0.25, 0.3) is 11.0 Å². The van der Waals surface area contributed by atoms with Crippen LogP contribution in [-0.2, 0) is 10.5 Å². The molecule has 0 N–H and O–H groups in total. The first-order valence-corrected chi connectivity index (χ1v) is 8.41. The zero-order chi connectivity index (χ0) is 14.7. The Morgan fingerprint density at radius 1 is 1.38 bits per heavy atom. The smallest absolute Gasteiger partial charge is 0.195 e. The summed E-state index contributed by atoms with van der Waals surface area (Å²) in [4.78, 5) is 16.8. The Morgan fingerprint density at radius 3 is 2.95 bits per heavy atom. The summed E-state index contributed by atoms with van der Waals surface area (Å²) in [7, 11) is 0. The topological polar surface area (TPSA) is 34.4 Å². The van der Waals surface area contributed by atoms with Gasteiger partial charge in [0.15, 0.2) is 10.7 Å². The molecule has 0 aliphatic heterocycles. The number of allylic oxidation sites excluding steroid dienone is 1. The molecule has 0 saturated heterocycles. The molecule has 1 aromatic carbocycles. The van der Waals surface area contributed by atoms with Crippen LogP contribution in [-0.4, -0.2) is 15.2 Å². The maximum absolute atomic E-state index is 11.2. The second kappa shape index (κ2) is 6.28. The Balaban J connectivity index is 1.88. The first kappa shape index (κ1) is 14.1. The molecule has 106 valence electrons. The molecule has 0 saturated carbocycles. The molecule has 3 rings (SSSR count). The highest BCUT2D eigenvalue weighted by molar-refractivity contribution is 7.98. The predicted molar refractivity (Wildman–Crippen MR) is 88.8 cm³/mol. The van der Waals surface area contributed by atoms with Gasteiger partial charge in [0.05, 0.1) is 5.69 Å². The van der Waals surface area contributed by atoms with E-state index in [0.29, 0.717) is 0 Å². The van der Waals surface area contributed by atoms with Crippen molar-refractivity contribution in [3.8, 4) is 0 Å².